The van der Waals surface area contributed by atoms with E-state index in [0.29, 0.717) is 50.1 Å². The number of piperazine rings is 1. The van der Waals surface area contributed by atoms with Gasteiger partial charge in [-0.3, -0.25) is 14.4 Å². The molecule has 3 rings (SSSR count). The van der Waals surface area contributed by atoms with Crippen LogP contribution in [-0.4, -0.2) is 90.4 Å². The number of anilines is 2. The number of hydrogen-bond donors (Lipinski definition) is 1. The summed E-state index contributed by atoms with van der Waals surface area (Å²) in [6.07, 6.45) is 0.181. The molecule has 0 unspecified atom stereocenters. The maximum absolute atomic E-state index is 13.1. The standard InChI is InChI=1S/C22H28FN5O4S/c1-16(29)26-9-11-27(12-10-26)20(30)7-8-28(13-14-32-2)21(31)19-15-33-22(25-19)24-18-5-3-17(23)4-6-18/h3-6,15H,7-14H2,1-2H3,(H,24,25). The van der Waals surface area contributed by atoms with Crippen molar-refractivity contribution in [3.63, 3.8) is 0 Å². The number of methoxy groups -OCH3 is 1. The Morgan fingerprint density at radius 2 is 1.79 bits per heavy atom. The molecular formula is C22H28FN5O4S. The van der Waals surface area contributed by atoms with Crippen LogP contribution in [0.1, 0.15) is 23.8 Å². The lowest BCUT2D eigenvalue weighted by molar-refractivity contribution is -0.138. The molecule has 0 saturated carbocycles. The lowest BCUT2D eigenvalue weighted by atomic mass is 10.2. The lowest BCUT2D eigenvalue weighted by Gasteiger charge is -2.34. The number of aromatic nitrogens is 1. The van der Waals surface area contributed by atoms with Crippen molar-refractivity contribution in [2.75, 3.05) is 58.3 Å². The summed E-state index contributed by atoms with van der Waals surface area (Å²) >= 11 is 1.27. The first kappa shape index (κ1) is 24.6. The molecule has 0 spiro atoms. The average molecular weight is 478 g/mol. The number of nitrogens with one attached hydrogen (secondary N) is 1. The molecule has 1 saturated heterocycles. The van der Waals surface area contributed by atoms with E-state index in [-0.39, 0.29) is 42.2 Å². The second kappa shape index (κ2) is 11.7. The molecule has 178 valence electrons. The summed E-state index contributed by atoms with van der Waals surface area (Å²) < 4.78 is 18.2. The third-order valence-corrected chi connectivity index (χ3v) is 6.10. The second-order valence-corrected chi connectivity index (χ2v) is 8.45. The SMILES string of the molecule is COCCN(CCC(=O)N1CCN(C(C)=O)CC1)C(=O)c1csc(Nc2ccc(F)cc2)n1. The monoisotopic (exact) mass is 477 g/mol. The van der Waals surface area contributed by atoms with Crippen LogP contribution in [0.3, 0.4) is 0 Å². The van der Waals surface area contributed by atoms with Crippen LogP contribution in [0.15, 0.2) is 29.6 Å². The molecule has 2 aromatic rings. The molecule has 2 heterocycles. The van der Waals surface area contributed by atoms with Gasteiger partial charge in [-0.15, -0.1) is 11.3 Å². The van der Waals surface area contributed by atoms with Gasteiger partial charge >= 0.3 is 0 Å². The fraction of sp³-hybridized carbons (Fsp3) is 0.455. The number of amides is 3. The van der Waals surface area contributed by atoms with Gasteiger partial charge in [0.2, 0.25) is 11.8 Å². The van der Waals surface area contributed by atoms with E-state index in [1.165, 1.54) is 30.4 Å². The largest absolute Gasteiger partial charge is 0.383 e. The van der Waals surface area contributed by atoms with Crippen LogP contribution in [0.5, 0.6) is 0 Å². The smallest absolute Gasteiger partial charge is 0.273 e. The van der Waals surface area contributed by atoms with Gasteiger partial charge in [-0.25, -0.2) is 9.37 Å². The Hall–Kier alpha value is -3.05. The minimum absolute atomic E-state index is 0.00925. The quantitative estimate of drug-likeness (QED) is 0.595. The molecule has 1 aliphatic heterocycles. The summed E-state index contributed by atoms with van der Waals surface area (Å²) in [5.74, 6) is -0.662. The van der Waals surface area contributed by atoms with Gasteiger partial charge in [0, 0.05) is 70.8 Å². The third kappa shape index (κ3) is 6.96. The number of benzene rings is 1. The van der Waals surface area contributed by atoms with Gasteiger partial charge < -0.3 is 24.8 Å². The van der Waals surface area contributed by atoms with Gasteiger partial charge in [-0.05, 0) is 24.3 Å². The van der Waals surface area contributed by atoms with E-state index in [1.54, 1.807) is 39.3 Å². The molecule has 33 heavy (non-hydrogen) atoms. The zero-order valence-electron chi connectivity index (χ0n) is 18.8. The summed E-state index contributed by atoms with van der Waals surface area (Å²) in [6.45, 7) is 4.47. The van der Waals surface area contributed by atoms with Crippen LogP contribution in [0.4, 0.5) is 15.2 Å². The van der Waals surface area contributed by atoms with E-state index >= 15 is 0 Å². The fourth-order valence-electron chi connectivity index (χ4n) is 3.42. The Morgan fingerprint density at radius 1 is 1.12 bits per heavy atom. The number of nitrogens with zero attached hydrogens (tertiary/aromatic N) is 4. The van der Waals surface area contributed by atoms with Crippen LogP contribution in [-0.2, 0) is 14.3 Å². The highest BCUT2D eigenvalue weighted by Gasteiger charge is 2.24. The highest BCUT2D eigenvalue weighted by Crippen LogP contribution is 2.22. The fourth-order valence-corrected chi connectivity index (χ4v) is 4.13. The van der Waals surface area contributed by atoms with Gasteiger partial charge in [0.1, 0.15) is 11.5 Å². The highest BCUT2D eigenvalue weighted by molar-refractivity contribution is 7.14. The number of halogens is 1. The molecule has 3 amide bonds. The van der Waals surface area contributed by atoms with Crippen molar-refractivity contribution in [3.8, 4) is 0 Å². The van der Waals surface area contributed by atoms with Crippen molar-refractivity contribution >= 4 is 39.9 Å². The van der Waals surface area contributed by atoms with Crippen molar-refractivity contribution < 1.29 is 23.5 Å². The minimum atomic E-state index is -0.334. The predicted octanol–water partition coefficient (Wildman–Crippen LogP) is 2.20. The van der Waals surface area contributed by atoms with Crippen molar-refractivity contribution in [2.45, 2.75) is 13.3 Å². The van der Waals surface area contributed by atoms with E-state index < -0.39 is 0 Å². The van der Waals surface area contributed by atoms with Crippen LogP contribution in [0, 0.1) is 5.82 Å². The highest BCUT2D eigenvalue weighted by atomic mass is 32.1. The van der Waals surface area contributed by atoms with E-state index in [2.05, 4.69) is 10.3 Å². The van der Waals surface area contributed by atoms with E-state index in [9.17, 15) is 18.8 Å². The maximum Gasteiger partial charge on any atom is 0.273 e. The molecule has 0 radical (unpaired) electrons. The number of ether oxygens (including phenoxy) is 1. The number of carbonyl (C=O) groups is 3. The Bertz CT molecular complexity index is 960. The number of carbonyl (C=O) groups excluding carboxylic acids is 3. The normalized spacial score (nSPS) is 13.7. The molecule has 1 aromatic carbocycles. The summed E-state index contributed by atoms with van der Waals surface area (Å²) in [5, 5.41) is 5.21. The Labute approximate surface area is 196 Å². The van der Waals surface area contributed by atoms with Crippen molar-refractivity contribution in [1.82, 2.24) is 19.7 Å². The number of hydrogen-bond acceptors (Lipinski definition) is 7. The topological polar surface area (TPSA) is 95.1 Å². The van der Waals surface area contributed by atoms with Gasteiger partial charge in [-0.2, -0.15) is 0 Å². The number of rotatable bonds is 9. The van der Waals surface area contributed by atoms with E-state index in [4.69, 9.17) is 4.74 Å². The van der Waals surface area contributed by atoms with Gasteiger partial charge in [0.05, 0.1) is 6.61 Å². The van der Waals surface area contributed by atoms with Crippen LogP contribution in [0.25, 0.3) is 0 Å². The summed E-state index contributed by atoms with van der Waals surface area (Å²) in [5.41, 5.74) is 0.930. The molecule has 1 aromatic heterocycles. The molecule has 0 bridgehead atoms. The Balaban J connectivity index is 1.57. The lowest BCUT2D eigenvalue weighted by Crippen LogP contribution is -2.50. The first-order chi connectivity index (χ1) is 15.9. The summed E-state index contributed by atoms with van der Waals surface area (Å²) in [6, 6.07) is 5.85. The molecule has 11 heteroatoms. The van der Waals surface area contributed by atoms with Gasteiger partial charge in [0.15, 0.2) is 5.13 Å². The third-order valence-electron chi connectivity index (χ3n) is 5.34. The number of thiazole rings is 1. The molecular weight excluding hydrogens is 449 g/mol. The summed E-state index contributed by atoms with van der Waals surface area (Å²) in [4.78, 5) is 46.5. The average Bonchev–Trinajstić information content (AvgIpc) is 3.28. The molecule has 1 fully saturated rings. The van der Waals surface area contributed by atoms with Crippen molar-refractivity contribution in [1.29, 1.82) is 0 Å². The van der Waals surface area contributed by atoms with E-state index in [1.807, 2.05) is 0 Å². The molecule has 1 N–H and O–H groups in total. The Kier molecular flexibility index (Phi) is 8.72. The van der Waals surface area contributed by atoms with Gasteiger partial charge in [0.25, 0.3) is 5.91 Å². The van der Waals surface area contributed by atoms with E-state index in [0.717, 1.165) is 0 Å². The molecule has 1 aliphatic rings. The molecule has 0 atom stereocenters. The Morgan fingerprint density at radius 3 is 2.42 bits per heavy atom. The van der Waals surface area contributed by atoms with Crippen LogP contribution >= 0.6 is 11.3 Å². The zero-order chi connectivity index (χ0) is 23.8. The zero-order valence-corrected chi connectivity index (χ0v) is 19.6. The summed E-state index contributed by atoms with van der Waals surface area (Å²) in [7, 11) is 1.55. The first-order valence-corrected chi connectivity index (χ1v) is 11.5. The van der Waals surface area contributed by atoms with Gasteiger partial charge in [-0.1, -0.05) is 0 Å². The van der Waals surface area contributed by atoms with Crippen molar-refractivity contribution in [2.24, 2.45) is 0 Å². The second-order valence-electron chi connectivity index (χ2n) is 7.59. The first-order valence-electron chi connectivity index (χ1n) is 10.7. The van der Waals surface area contributed by atoms with Crippen molar-refractivity contribution in [3.05, 3.63) is 41.2 Å². The molecule has 9 nitrogen and oxygen atoms in total. The van der Waals surface area contributed by atoms with Crippen LogP contribution in [0.2, 0.25) is 0 Å². The minimum Gasteiger partial charge on any atom is -0.383 e. The molecule has 0 aliphatic carbocycles. The maximum atomic E-state index is 13.1. The van der Waals surface area contributed by atoms with Crippen LogP contribution < -0.4 is 5.32 Å². The predicted molar refractivity (Wildman–Crippen MR) is 123 cm³/mol.